The normalized spacial score (nSPS) is 13.6. The van der Waals surface area contributed by atoms with Gasteiger partial charge in [-0.05, 0) is 30.3 Å². The van der Waals surface area contributed by atoms with E-state index in [1.54, 1.807) is 13.3 Å². The van der Waals surface area contributed by atoms with Crippen LogP contribution in [0.5, 0.6) is 5.75 Å². The van der Waals surface area contributed by atoms with Gasteiger partial charge >= 0.3 is 0 Å². The van der Waals surface area contributed by atoms with Crippen molar-refractivity contribution in [1.82, 2.24) is 0 Å². The van der Waals surface area contributed by atoms with Gasteiger partial charge in [-0.2, -0.15) is 0 Å². The molecule has 1 aromatic carbocycles. The molecule has 60 valence electrons. The summed E-state index contributed by atoms with van der Waals surface area (Å²) < 4.78 is 5.04. The second-order valence-corrected chi connectivity index (χ2v) is 2.56. The molecule has 0 N–H and O–H groups in total. The van der Waals surface area contributed by atoms with Crippen molar-refractivity contribution < 1.29 is 4.74 Å². The summed E-state index contributed by atoms with van der Waals surface area (Å²) in [4.78, 5) is 4.09. The molecule has 1 aromatic rings. The van der Waals surface area contributed by atoms with Gasteiger partial charge in [0.1, 0.15) is 5.75 Å². The molecule has 12 heavy (non-hydrogen) atoms. The third-order valence-electron chi connectivity index (χ3n) is 1.83. The number of hydrogen-bond donors (Lipinski definition) is 0. The Morgan fingerprint density at radius 3 is 2.25 bits per heavy atom. The first-order valence-electron chi connectivity index (χ1n) is 3.79. The molecular formula is C10H9NO. The number of benzene rings is 1. The van der Waals surface area contributed by atoms with Gasteiger partial charge in [0, 0.05) is 11.8 Å². The van der Waals surface area contributed by atoms with Crippen LogP contribution < -0.4 is 4.74 Å². The van der Waals surface area contributed by atoms with Crippen LogP contribution in [-0.4, -0.2) is 12.8 Å². The first-order chi connectivity index (χ1) is 5.90. The predicted molar refractivity (Wildman–Crippen MR) is 48.7 cm³/mol. The summed E-state index contributed by atoms with van der Waals surface area (Å²) in [5.74, 6) is 0.877. The molecule has 0 bridgehead atoms. The number of nitrogens with zero attached hydrogens (tertiary/aromatic N) is 1. The summed E-state index contributed by atoms with van der Waals surface area (Å²) in [6, 6.07) is 7.87. The third kappa shape index (κ3) is 1.11. The Morgan fingerprint density at radius 2 is 1.83 bits per heavy atom. The van der Waals surface area contributed by atoms with Crippen LogP contribution in [0.4, 0.5) is 0 Å². The topological polar surface area (TPSA) is 21.6 Å². The van der Waals surface area contributed by atoms with E-state index in [9.17, 15) is 0 Å². The molecule has 0 amide bonds. The van der Waals surface area contributed by atoms with Crippen molar-refractivity contribution in [2.75, 3.05) is 7.11 Å². The van der Waals surface area contributed by atoms with Gasteiger partial charge in [0.2, 0.25) is 0 Å². The summed E-state index contributed by atoms with van der Waals surface area (Å²) in [5.41, 5.74) is 2.18. The lowest BCUT2D eigenvalue weighted by Gasteiger charge is -2.06. The van der Waals surface area contributed by atoms with Crippen LogP contribution in [0.1, 0.15) is 5.56 Å². The first-order valence-corrected chi connectivity index (χ1v) is 3.79. The number of ether oxygens (including phenoxy) is 1. The van der Waals surface area contributed by atoms with Crippen molar-refractivity contribution in [2.24, 2.45) is 4.99 Å². The van der Waals surface area contributed by atoms with Gasteiger partial charge in [-0.15, -0.1) is 0 Å². The zero-order valence-corrected chi connectivity index (χ0v) is 6.82. The smallest absolute Gasteiger partial charge is 0.118 e. The maximum absolute atomic E-state index is 5.04. The van der Waals surface area contributed by atoms with Crippen LogP contribution in [0.25, 0.3) is 0 Å². The predicted octanol–water partition coefficient (Wildman–Crippen LogP) is 2.01. The second kappa shape index (κ2) is 2.81. The molecule has 0 saturated heterocycles. The van der Waals surface area contributed by atoms with E-state index in [0.29, 0.717) is 0 Å². The molecule has 0 fully saturated rings. The first kappa shape index (κ1) is 7.10. The largest absolute Gasteiger partial charge is 0.497 e. The van der Waals surface area contributed by atoms with Crippen molar-refractivity contribution >= 4 is 5.71 Å². The van der Waals surface area contributed by atoms with E-state index in [1.165, 1.54) is 0 Å². The molecule has 0 spiro atoms. The number of allylic oxidation sites excluding steroid dienone is 1. The molecule has 2 nitrogen and oxygen atoms in total. The minimum atomic E-state index is 0.877. The molecule has 1 aliphatic heterocycles. The highest BCUT2D eigenvalue weighted by atomic mass is 16.5. The molecule has 0 radical (unpaired) electrons. The minimum Gasteiger partial charge on any atom is -0.497 e. The van der Waals surface area contributed by atoms with Crippen LogP contribution >= 0.6 is 0 Å². The van der Waals surface area contributed by atoms with Crippen LogP contribution in [0.3, 0.4) is 0 Å². The Balaban J connectivity index is 2.25. The summed E-state index contributed by atoms with van der Waals surface area (Å²) in [5, 5.41) is 0. The highest BCUT2D eigenvalue weighted by Crippen LogP contribution is 2.14. The van der Waals surface area contributed by atoms with Gasteiger partial charge in [0.05, 0.1) is 12.8 Å². The number of aliphatic imine (C=N–C) groups is 1. The lowest BCUT2D eigenvalue weighted by Crippen LogP contribution is -2.00. The monoisotopic (exact) mass is 159 g/mol. The van der Waals surface area contributed by atoms with Gasteiger partial charge in [0.25, 0.3) is 0 Å². The maximum Gasteiger partial charge on any atom is 0.118 e. The average Bonchev–Trinajstić information content (AvgIpc) is 2.03. The summed E-state index contributed by atoms with van der Waals surface area (Å²) >= 11 is 0. The van der Waals surface area contributed by atoms with Crippen LogP contribution in [-0.2, 0) is 0 Å². The Bertz CT molecular complexity index is 335. The fraction of sp³-hybridized carbons (Fsp3) is 0.100. The maximum atomic E-state index is 5.04. The molecule has 2 rings (SSSR count). The molecular weight excluding hydrogens is 150 g/mol. The summed E-state index contributed by atoms with van der Waals surface area (Å²) in [6.45, 7) is 0. The molecule has 0 aliphatic carbocycles. The van der Waals surface area contributed by atoms with Gasteiger partial charge in [-0.25, -0.2) is 0 Å². The summed E-state index contributed by atoms with van der Waals surface area (Å²) in [6.07, 6.45) is 3.78. The van der Waals surface area contributed by atoms with Gasteiger partial charge in [-0.1, -0.05) is 0 Å². The Labute approximate surface area is 71.2 Å². The van der Waals surface area contributed by atoms with Crippen LogP contribution in [0.15, 0.2) is 41.5 Å². The van der Waals surface area contributed by atoms with E-state index in [0.717, 1.165) is 17.0 Å². The molecule has 1 heterocycles. The highest BCUT2D eigenvalue weighted by Gasteiger charge is 2.03. The van der Waals surface area contributed by atoms with Crippen molar-refractivity contribution in [3.63, 3.8) is 0 Å². The van der Waals surface area contributed by atoms with Gasteiger partial charge in [0.15, 0.2) is 0 Å². The molecule has 1 aliphatic rings. The standard InChI is InChI=1S/C10H9NO/c1-12-9-4-2-8(3-5-9)10-6-7-11-10/h2-7H,1H3. The van der Waals surface area contributed by atoms with Gasteiger partial charge in [-0.3, -0.25) is 4.99 Å². The van der Waals surface area contributed by atoms with E-state index < -0.39 is 0 Å². The van der Waals surface area contributed by atoms with Crippen molar-refractivity contribution in [3.8, 4) is 5.75 Å². The lowest BCUT2D eigenvalue weighted by atomic mass is 10.1. The van der Waals surface area contributed by atoms with Crippen molar-refractivity contribution in [1.29, 1.82) is 0 Å². The fourth-order valence-corrected chi connectivity index (χ4v) is 1.08. The molecule has 0 atom stereocenters. The Morgan fingerprint density at radius 1 is 1.17 bits per heavy atom. The van der Waals surface area contributed by atoms with Crippen LogP contribution in [0, 0.1) is 0 Å². The van der Waals surface area contributed by atoms with Crippen molar-refractivity contribution in [3.05, 3.63) is 42.1 Å². The second-order valence-electron chi connectivity index (χ2n) is 2.56. The van der Waals surface area contributed by atoms with Gasteiger partial charge < -0.3 is 4.74 Å². The van der Waals surface area contributed by atoms with E-state index in [4.69, 9.17) is 4.74 Å². The van der Waals surface area contributed by atoms with E-state index in [1.807, 2.05) is 30.3 Å². The van der Waals surface area contributed by atoms with E-state index in [2.05, 4.69) is 4.99 Å². The Kier molecular flexibility index (Phi) is 1.67. The average molecular weight is 159 g/mol. The highest BCUT2D eigenvalue weighted by molar-refractivity contribution is 6.12. The summed E-state index contributed by atoms with van der Waals surface area (Å²) in [7, 11) is 1.66. The lowest BCUT2D eigenvalue weighted by molar-refractivity contribution is 0.415. The zero-order valence-electron chi connectivity index (χ0n) is 6.82. The molecule has 0 saturated carbocycles. The number of methoxy groups -OCH3 is 1. The molecule has 2 heteroatoms. The fourth-order valence-electron chi connectivity index (χ4n) is 1.08. The minimum absolute atomic E-state index is 0.877. The van der Waals surface area contributed by atoms with Crippen molar-refractivity contribution in [2.45, 2.75) is 0 Å². The Hall–Kier alpha value is -1.57. The number of rotatable bonds is 2. The third-order valence-corrected chi connectivity index (χ3v) is 1.83. The molecule has 0 unspecified atom stereocenters. The SMILES string of the molecule is COc1ccc(C2=NC=C2)cc1. The quantitative estimate of drug-likeness (QED) is 0.646. The zero-order chi connectivity index (χ0) is 8.39. The van der Waals surface area contributed by atoms with E-state index in [-0.39, 0.29) is 0 Å². The number of hydrogen-bond acceptors (Lipinski definition) is 2. The van der Waals surface area contributed by atoms with E-state index >= 15 is 0 Å². The van der Waals surface area contributed by atoms with Crippen LogP contribution in [0.2, 0.25) is 0 Å². The molecule has 0 aromatic heterocycles.